The third-order valence-electron chi connectivity index (χ3n) is 2.47. The smallest absolute Gasteiger partial charge is 0.226 e. The molecule has 0 amide bonds. The van der Waals surface area contributed by atoms with Gasteiger partial charge in [0.05, 0.1) is 5.41 Å². The molecule has 0 saturated heterocycles. The van der Waals surface area contributed by atoms with Gasteiger partial charge < -0.3 is 0 Å². The topological polar surface area (TPSA) is 25.8 Å². The standard InChI is InChI=1S/C8H6ClF3N2/c9-6-13-3-5(4-14-6)7(1-2-7)8(10,11)12/h3-4H,1-2H2. The molecule has 1 saturated carbocycles. The maximum Gasteiger partial charge on any atom is 0.398 e. The van der Waals surface area contributed by atoms with Crippen LogP contribution in [0.1, 0.15) is 18.4 Å². The number of alkyl halides is 3. The fourth-order valence-electron chi connectivity index (χ4n) is 1.42. The van der Waals surface area contributed by atoms with Crippen LogP contribution in [0.15, 0.2) is 12.4 Å². The molecule has 0 N–H and O–H groups in total. The molecule has 2 rings (SSSR count). The van der Waals surface area contributed by atoms with E-state index in [0.29, 0.717) is 0 Å². The number of rotatable bonds is 1. The number of halogens is 4. The number of aromatic nitrogens is 2. The first kappa shape index (κ1) is 9.71. The van der Waals surface area contributed by atoms with Crippen LogP contribution in [0, 0.1) is 0 Å². The maximum absolute atomic E-state index is 12.6. The fourth-order valence-corrected chi connectivity index (χ4v) is 1.52. The van der Waals surface area contributed by atoms with Gasteiger partial charge in [-0.2, -0.15) is 13.2 Å². The zero-order chi connectivity index (χ0) is 10.4. The van der Waals surface area contributed by atoms with Gasteiger partial charge in [-0.25, -0.2) is 9.97 Å². The summed E-state index contributed by atoms with van der Waals surface area (Å²) in [5.74, 6) is 0. The first-order valence-corrected chi connectivity index (χ1v) is 4.38. The Balaban J connectivity index is 2.36. The molecule has 76 valence electrons. The summed E-state index contributed by atoms with van der Waals surface area (Å²) < 4.78 is 37.8. The Kier molecular flexibility index (Phi) is 1.96. The normalized spacial score (nSPS) is 19.4. The van der Waals surface area contributed by atoms with Crippen LogP contribution in [-0.2, 0) is 5.41 Å². The van der Waals surface area contributed by atoms with Gasteiger partial charge in [-0.1, -0.05) is 0 Å². The van der Waals surface area contributed by atoms with Crippen LogP contribution in [0.5, 0.6) is 0 Å². The third kappa shape index (κ3) is 1.35. The van der Waals surface area contributed by atoms with E-state index in [1.54, 1.807) is 0 Å². The Morgan fingerprint density at radius 3 is 2.07 bits per heavy atom. The molecule has 1 aromatic heterocycles. The monoisotopic (exact) mass is 222 g/mol. The first-order chi connectivity index (χ1) is 6.46. The highest BCUT2D eigenvalue weighted by Gasteiger charge is 2.64. The van der Waals surface area contributed by atoms with Crippen LogP contribution in [0.25, 0.3) is 0 Å². The summed E-state index contributed by atoms with van der Waals surface area (Å²) in [5.41, 5.74) is -1.60. The van der Waals surface area contributed by atoms with Crippen LogP contribution in [0.2, 0.25) is 5.28 Å². The molecule has 0 bridgehead atoms. The number of hydrogen-bond acceptors (Lipinski definition) is 2. The van der Waals surface area contributed by atoms with Crippen molar-refractivity contribution in [1.82, 2.24) is 9.97 Å². The Morgan fingerprint density at radius 1 is 1.21 bits per heavy atom. The maximum atomic E-state index is 12.6. The van der Waals surface area contributed by atoms with Crippen LogP contribution in [0.3, 0.4) is 0 Å². The van der Waals surface area contributed by atoms with Crippen molar-refractivity contribution in [2.75, 3.05) is 0 Å². The zero-order valence-electron chi connectivity index (χ0n) is 6.98. The SMILES string of the molecule is FC(F)(F)C1(c2cnc(Cl)nc2)CC1. The number of hydrogen-bond donors (Lipinski definition) is 0. The van der Waals surface area contributed by atoms with Crippen LogP contribution >= 0.6 is 11.6 Å². The van der Waals surface area contributed by atoms with Gasteiger partial charge in [-0.15, -0.1) is 0 Å². The molecule has 14 heavy (non-hydrogen) atoms. The Morgan fingerprint density at radius 2 is 1.71 bits per heavy atom. The van der Waals surface area contributed by atoms with Crippen molar-refractivity contribution in [3.8, 4) is 0 Å². The van der Waals surface area contributed by atoms with Gasteiger partial charge in [0.2, 0.25) is 5.28 Å². The second-order valence-electron chi connectivity index (χ2n) is 3.32. The summed E-state index contributed by atoms with van der Waals surface area (Å²) in [6, 6.07) is 0. The van der Waals surface area contributed by atoms with Gasteiger partial charge in [0.15, 0.2) is 0 Å². The van der Waals surface area contributed by atoms with Crippen molar-refractivity contribution in [3.05, 3.63) is 23.2 Å². The molecule has 0 atom stereocenters. The van der Waals surface area contributed by atoms with E-state index in [4.69, 9.17) is 11.6 Å². The molecule has 1 aliphatic rings. The van der Waals surface area contributed by atoms with Crippen LogP contribution in [-0.4, -0.2) is 16.1 Å². The average molecular weight is 223 g/mol. The molecule has 1 heterocycles. The predicted molar refractivity (Wildman–Crippen MR) is 44.0 cm³/mol. The Bertz CT molecular complexity index is 343. The number of nitrogens with zero attached hydrogens (tertiary/aromatic N) is 2. The molecule has 0 aromatic carbocycles. The van der Waals surface area contributed by atoms with Crippen molar-refractivity contribution < 1.29 is 13.2 Å². The molecule has 1 aromatic rings. The van der Waals surface area contributed by atoms with Gasteiger partial charge in [-0.3, -0.25) is 0 Å². The summed E-state index contributed by atoms with van der Waals surface area (Å²) in [6.07, 6.45) is -1.70. The predicted octanol–water partition coefficient (Wildman–Crippen LogP) is 2.72. The summed E-state index contributed by atoms with van der Waals surface area (Å²) in [6.45, 7) is 0. The van der Waals surface area contributed by atoms with E-state index < -0.39 is 11.6 Å². The molecular formula is C8H6ClF3N2. The van der Waals surface area contributed by atoms with Crippen LogP contribution < -0.4 is 0 Å². The highest BCUT2D eigenvalue weighted by Crippen LogP contribution is 2.58. The lowest BCUT2D eigenvalue weighted by atomic mass is 9.99. The van der Waals surface area contributed by atoms with Crippen molar-refractivity contribution in [3.63, 3.8) is 0 Å². The van der Waals surface area contributed by atoms with Gasteiger partial charge >= 0.3 is 6.18 Å². The first-order valence-electron chi connectivity index (χ1n) is 4.00. The van der Waals surface area contributed by atoms with E-state index in [-0.39, 0.29) is 23.7 Å². The highest BCUT2D eigenvalue weighted by molar-refractivity contribution is 6.28. The van der Waals surface area contributed by atoms with Gasteiger partial charge in [0, 0.05) is 18.0 Å². The van der Waals surface area contributed by atoms with Gasteiger partial charge in [0.25, 0.3) is 0 Å². The van der Waals surface area contributed by atoms with E-state index in [0.717, 1.165) is 12.4 Å². The Hall–Kier alpha value is -0.840. The van der Waals surface area contributed by atoms with E-state index in [1.807, 2.05) is 0 Å². The molecule has 0 unspecified atom stereocenters. The van der Waals surface area contributed by atoms with Crippen molar-refractivity contribution >= 4 is 11.6 Å². The fraction of sp³-hybridized carbons (Fsp3) is 0.500. The zero-order valence-corrected chi connectivity index (χ0v) is 7.73. The molecule has 0 spiro atoms. The molecule has 1 aliphatic carbocycles. The largest absolute Gasteiger partial charge is 0.398 e. The summed E-state index contributed by atoms with van der Waals surface area (Å²) >= 11 is 5.39. The van der Waals surface area contributed by atoms with Crippen molar-refractivity contribution in [1.29, 1.82) is 0 Å². The van der Waals surface area contributed by atoms with E-state index in [1.165, 1.54) is 0 Å². The van der Waals surface area contributed by atoms with E-state index in [9.17, 15) is 13.2 Å². The second-order valence-corrected chi connectivity index (χ2v) is 3.66. The minimum atomic E-state index is -4.22. The molecule has 0 radical (unpaired) electrons. The lowest BCUT2D eigenvalue weighted by molar-refractivity contribution is -0.160. The summed E-state index contributed by atoms with van der Waals surface area (Å²) in [5, 5.41) is -0.0354. The van der Waals surface area contributed by atoms with Crippen molar-refractivity contribution in [2.45, 2.75) is 24.4 Å². The summed E-state index contributed by atoms with van der Waals surface area (Å²) in [4.78, 5) is 7.11. The Labute approximate surface area is 83.1 Å². The van der Waals surface area contributed by atoms with E-state index in [2.05, 4.69) is 9.97 Å². The lowest BCUT2D eigenvalue weighted by Gasteiger charge is -2.18. The van der Waals surface area contributed by atoms with Crippen molar-refractivity contribution in [2.24, 2.45) is 0 Å². The molecule has 0 aliphatic heterocycles. The minimum Gasteiger partial charge on any atom is -0.226 e. The molecule has 1 fully saturated rings. The molecule has 2 nitrogen and oxygen atoms in total. The molecular weight excluding hydrogens is 217 g/mol. The van der Waals surface area contributed by atoms with Gasteiger partial charge in [-0.05, 0) is 24.4 Å². The van der Waals surface area contributed by atoms with Gasteiger partial charge in [0.1, 0.15) is 0 Å². The minimum absolute atomic E-state index is 0.0354. The summed E-state index contributed by atoms with van der Waals surface area (Å²) in [7, 11) is 0. The highest BCUT2D eigenvalue weighted by atomic mass is 35.5. The average Bonchev–Trinajstić information content (AvgIpc) is 2.84. The molecule has 6 heteroatoms. The van der Waals surface area contributed by atoms with E-state index >= 15 is 0 Å². The van der Waals surface area contributed by atoms with Crippen LogP contribution in [0.4, 0.5) is 13.2 Å². The lowest BCUT2D eigenvalue weighted by Crippen LogP contribution is -2.28. The second kappa shape index (κ2) is 2.82. The quantitative estimate of drug-likeness (QED) is 0.683. The third-order valence-corrected chi connectivity index (χ3v) is 2.66.